The first kappa shape index (κ1) is 32.0. The number of ether oxygens (including phenoxy) is 1. The summed E-state index contributed by atoms with van der Waals surface area (Å²) in [6.07, 6.45) is 1.33. The molecule has 0 radical (unpaired) electrons. The molecule has 2 aromatic heterocycles. The van der Waals surface area contributed by atoms with Gasteiger partial charge in [-0.05, 0) is 38.9 Å². The first-order valence-electron chi connectivity index (χ1n) is 13.5. The number of carbonyl (C=O) groups is 3. The Morgan fingerprint density at radius 3 is 2.76 bits per heavy atom. The van der Waals surface area contributed by atoms with Crippen molar-refractivity contribution in [1.82, 2.24) is 25.4 Å². The molecule has 4 heterocycles. The molecule has 2 amide bonds. The zero-order valence-electron chi connectivity index (χ0n) is 24.2. The second-order valence-corrected chi connectivity index (χ2v) is 12.7. The molecular formula is C25H30N8O10S2. The predicted octanol–water partition coefficient (Wildman–Crippen LogP) is -1.21. The smallest absolute Gasteiger partial charge is 0.351 e. The number of nitrogens with two attached hydrogens (primary N) is 1. The Hall–Kier alpha value is -4.37. The summed E-state index contributed by atoms with van der Waals surface area (Å²) >= 11 is 0.961. The molecule has 0 unspecified atom stereocenters. The van der Waals surface area contributed by atoms with Gasteiger partial charge in [-0.1, -0.05) is 5.16 Å². The number of oxime groups is 1. The number of nitrogen functional groups attached to an aromatic ring is 1. The highest BCUT2D eigenvalue weighted by Crippen LogP contribution is 2.33. The van der Waals surface area contributed by atoms with Crippen LogP contribution in [-0.2, 0) is 41.0 Å². The molecule has 0 bridgehead atoms. The highest BCUT2D eigenvalue weighted by atomic mass is 32.3. The maximum absolute atomic E-state index is 13.2. The minimum absolute atomic E-state index is 0.0608. The number of carboxylic acids is 1. The van der Waals surface area contributed by atoms with Crippen LogP contribution in [0.2, 0.25) is 0 Å². The number of β-lactam (4-membered cyclic amide) rings is 1. The zero-order chi connectivity index (χ0) is 32.7. The monoisotopic (exact) mass is 666 g/mol. The van der Waals surface area contributed by atoms with Crippen molar-refractivity contribution in [1.29, 1.82) is 0 Å². The number of rotatable bonds is 12. The highest BCUT2D eigenvalue weighted by molar-refractivity contribution is 7.80. The second-order valence-electron chi connectivity index (χ2n) is 10.8. The van der Waals surface area contributed by atoms with E-state index in [1.54, 1.807) is 12.1 Å². The summed E-state index contributed by atoms with van der Waals surface area (Å²) in [5.41, 5.74) is 4.59. The Balaban J connectivity index is 1.30. The van der Waals surface area contributed by atoms with E-state index >= 15 is 0 Å². The SMILES string of the molecule is C[n+]1c2ccc(OC[C@H](O/N=C(\C(=O)N[C@@H]3C(=O)N(OS(=O)(=O)[O-])C3(C)C)c3csc(N)n3)C(=O)O)cc2cn1[C@@H]1CCNC1. The zero-order valence-corrected chi connectivity index (χ0v) is 25.8. The van der Waals surface area contributed by atoms with E-state index in [2.05, 4.69) is 29.7 Å². The maximum atomic E-state index is 13.2. The van der Waals surface area contributed by atoms with Gasteiger partial charge in [0, 0.05) is 18.0 Å². The number of hydroxylamine groups is 2. The topological polar surface area (TPSA) is 244 Å². The van der Waals surface area contributed by atoms with Crippen molar-refractivity contribution in [3.63, 3.8) is 0 Å². The summed E-state index contributed by atoms with van der Waals surface area (Å²) in [5.74, 6) is -3.11. The van der Waals surface area contributed by atoms with Crippen LogP contribution in [-0.4, -0.2) is 93.7 Å². The molecule has 0 aliphatic carbocycles. The van der Waals surface area contributed by atoms with Gasteiger partial charge in [-0.3, -0.25) is 9.59 Å². The van der Waals surface area contributed by atoms with Gasteiger partial charge in [0.05, 0.1) is 17.1 Å². The molecule has 20 heteroatoms. The molecule has 2 aliphatic heterocycles. The van der Waals surface area contributed by atoms with Crippen molar-refractivity contribution in [2.75, 3.05) is 25.4 Å². The number of thiazole rings is 1. The molecule has 242 valence electrons. The molecule has 45 heavy (non-hydrogen) atoms. The summed E-state index contributed by atoms with van der Waals surface area (Å²) in [4.78, 5) is 46.9. The molecule has 5 rings (SSSR count). The molecule has 2 aliphatic rings. The fourth-order valence-corrected chi connectivity index (χ4v) is 6.04. The minimum atomic E-state index is -5.26. The van der Waals surface area contributed by atoms with Crippen molar-refractivity contribution in [3.05, 3.63) is 35.5 Å². The Bertz CT molecular complexity index is 1780. The third-order valence-corrected chi connectivity index (χ3v) is 8.43. The highest BCUT2D eigenvalue weighted by Gasteiger charge is 2.57. The van der Waals surface area contributed by atoms with Gasteiger partial charge in [0.2, 0.25) is 15.9 Å². The van der Waals surface area contributed by atoms with Crippen LogP contribution in [0.5, 0.6) is 5.75 Å². The number of aryl methyl sites for hydroxylation is 1. The minimum Gasteiger partial charge on any atom is -0.724 e. The number of fused-ring (bicyclic) bond motifs is 1. The summed E-state index contributed by atoms with van der Waals surface area (Å²) in [5, 5.41) is 21.8. The largest absolute Gasteiger partial charge is 0.724 e. The molecule has 2 saturated heterocycles. The third kappa shape index (κ3) is 6.68. The molecule has 5 N–H and O–H groups in total. The lowest BCUT2D eigenvalue weighted by Gasteiger charge is -2.51. The number of carboxylic acid groups (broad SMARTS) is 1. The van der Waals surface area contributed by atoms with E-state index in [9.17, 15) is 32.5 Å². The van der Waals surface area contributed by atoms with Crippen molar-refractivity contribution in [2.24, 2.45) is 12.2 Å². The number of carbonyl (C=O) groups excluding carboxylic acids is 2. The molecule has 0 spiro atoms. The molecule has 2 fully saturated rings. The first-order valence-corrected chi connectivity index (χ1v) is 15.7. The third-order valence-electron chi connectivity index (χ3n) is 7.42. The van der Waals surface area contributed by atoms with Crippen molar-refractivity contribution >= 4 is 61.3 Å². The Labute approximate surface area is 260 Å². The number of nitrogens with one attached hydrogen (secondary N) is 2. The fourth-order valence-electron chi connectivity index (χ4n) is 5.04. The lowest BCUT2D eigenvalue weighted by molar-refractivity contribution is -0.733. The van der Waals surface area contributed by atoms with Crippen LogP contribution >= 0.6 is 11.3 Å². The lowest BCUT2D eigenvalue weighted by Crippen LogP contribution is -2.76. The summed E-state index contributed by atoms with van der Waals surface area (Å²) in [6.45, 7) is 3.99. The Morgan fingerprint density at radius 2 is 2.16 bits per heavy atom. The van der Waals surface area contributed by atoms with Gasteiger partial charge in [-0.25, -0.2) is 18.2 Å². The van der Waals surface area contributed by atoms with Crippen LogP contribution < -0.4 is 25.8 Å². The van der Waals surface area contributed by atoms with Crippen LogP contribution in [0.25, 0.3) is 10.9 Å². The normalized spacial score (nSPS) is 20.6. The molecule has 18 nitrogen and oxygen atoms in total. The van der Waals surface area contributed by atoms with E-state index in [1.165, 1.54) is 19.2 Å². The predicted molar refractivity (Wildman–Crippen MR) is 154 cm³/mol. The van der Waals surface area contributed by atoms with Crippen LogP contribution in [0, 0.1) is 0 Å². The van der Waals surface area contributed by atoms with Crippen LogP contribution in [0.3, 0.4) is 0 Å². The van der Waals surface area contributed by atoms with Gasteiger partial charge in [0.25, 0.3) is 17.9 Å². The van der Waals surface area contributed by atoms with E-state index < -0.39 is 58.2 Å². The van der Waals surface area contributed by atoms with Gasteiger partial charge in [-0.15, -0.1) is 16.0 Å². The molecule has 3 atom stereocenters. The number of aliphatic carboxylic acids is 1. The first-order chi connectivity index (χ1) is 21.2. The number of nitrogens with zero attached hydrogens (tertiary/aromatic N) is 5. The summed E-state index contributed by atoms with van der Waals surface area (Å²) in [6, 6.07) is 4.29. The number of benzene rings is 1. The van der Waals surface area contributed by atoms with Gasteiger partial charge >= 0.3 is 5.97 Å². The number of aromatic nitrogens is 3. The van der Waals surface area contributed by atoms with Crippen LogP contribution in [0.15, 0.2) is 34.9 Å². The summed E-state index contributed by atoms with van der Waals surface area (Å²) in [7, 11) is -3.30. The van der Waals surface area contributed by atoms with Crippen molar-refractivity contribution in [3.8, 4) is 5.75 Å². The van der Waals surface area contributed by atoms with Crippen molar-refractivity contribution < 1.29 is 51.0 Å². The molecule has 1 aromatic carbocycles. The Morgan fingerprint density at radius 1 is 1.40 bits per heavy atom. The van der Waals surface area contributed by atoms with E-state index in [4.69, 9.17) is 15.3 Å². The van der Waals surface area contributed by atoms with Gasteiger partial charge in [0.1, 0.15) is 30.1 Å². The van der Waals surface area contributed by atoms with E-state index in [-0.39, 0.29) is 10.8 Å². The van der Waals surface area contributed by atoms with E-state index in [1.807, 2.05) is 24.0 Å². The number of hydrogen-bond acceptors (Lipinski definition) is 14. The summed E-state index contributed by atoms with van der Waals surface area (Å²) < 4.78 is 47.0. The standard InChI is InChI=1S/C25H30N8O10S2/c1-25(2)20(22(35)33(25)43-45(38,39)40)29-21(34)19(16-12-44-24(26)28-16)30-42-18(23(36)37)11-41-15-4-5-17-13(8-15)10-32(31(17)3)14-6-7-27-9-14/h4-5,8,10,12,14,18,20,27H,6-7,9,11H2,1-3H3,(H4-,26,28,29,34,36,37,38,39,40)/b30-19-/t14-,18+,20-/m1/s1. The maximum Gasteiger partial charge on any atom is 0.351 e. The van der Waals surface area contributed by atoms with E-state index in [0.29, 0.717) is 16.9 Å². The number of hydrogen-bond donors (Lipinski definition) is 4. The average Bonchev–Trinajstić information content (AvgIpc) is 3.72. The molecule has 3 aromatic rings. The fraction of sp³-hybridized carbons (Fsp3) is 0.440. The van der Waals surface area contributed by atoms with Crippen LogP contribution in [0.1, 0.15) is 32.0 Å². The van der Waals surface area contributed by atoms with Crippen molar-refractivity contribution in [2.45, 2.75) is 44.0 Å². The second kappa shape index (κ2) is 12.2. The molecule has 0 saturated carbocycles. The number of amides is 2. The van der Waals surface area contributed by atoms with Gasteiger partial charge < -0.3 is 35.6 Å². The van der Waals surface area contributed by atoms with Gasteiger partial charge in [0.15, 0.2) is 17.9 Å². The lowest BCUT2D eigenvalue weighted by atomic mass is 9.84. The molecular weight excluding hydrogens is 636 g/mol. The van der Waals surface area contributed by atoms with Crippen LogP contribution in [0.4, 0.5) is 5.13 Å². The van der Waals surface area contributed by atoms with E-state index in [0.717, 1.165) is 41.8 Å². The Kier molecular flexibility index (Phi) is 8.68. The average molecular weight is 667 g/mol. The number of anilines is 1. The van der Waals surface area contributed by atoms with Gasteiger partial charge in [-0.2, -0.15) is 14.0 Å². The quantitative estimate of drug-likeness (QED) is 0.0443.